The Balaban J connectivity index is 1.58. The molecule has 0 aliphatic carbocycles. The molecule has 0 spiro atoms. The van der Waals surface area contributed by atoms with Gasteiger partial charge in [-0.25, -0.2) is 8.60 Å². The minimum absolute atomic E-state index is 0.0568. The van der Waals surface area contributed by atoms with Gasteiger partial charge in [-0.1, -0.05) is 30.3 Å². The summed E-state index contributed by atoms with van der Waals surface area (Å²) in [7, 11) is 3.28. The number of benzene rings is 4. The van der Waals surface area contributed by atoms with Gasteiger partial charge in [-0.05, 0) is 74.7 Å². The molecular weight excluding hydrogens is 555 g/mol. The topological polar surface area (TPSA) is 77.1 Å². The van der Waals surface area contributed by atoms with E-state index in [1.165, 1.54) is 12.1 Å². The van der Waals surface area contributed by atoms with Gasteiger partial charge in [-0.2, -0.15) is 0 Å². The first-order valence-corrected chi connectivity index (χ1v) is 14.5. The number of rotatable bonds is 8. The number of hydrogen-bond acceptors (Lipinski definition) is 6. The number of likely N-dealkylation sites (N-methyl/N-ethyl adjacent to an activating group) is 1. The van der Waals surface area contributed by atoms with Crippen molar-refractivity contribution in [3.8, 4) is 28.4 Å². The van der Waals surface area contributed by atoms with E-state index >= 15 is 0 Å². The van der Waals surface area contributed by atoms with Crippen LogP contribution in [0.5, 0.6) is 17.2 Å². The summed E-state index contributed by atoms with van der Waals surface area (Å²) in [5.41, 5.74) is 4.47. The van der Waals surface area contributed by atoms with Crippen LogP contribution < -0.4 is 23.9 Å². The van der Waals surface area contributed by atoms with Crippen molar-refractivity contribution in [3.63, 3.8) is 0 Å². The molecule has 7 nitrogen and oxygen atoms in total. The van der Waals surface area contributed by atoms with Gasteiger partial charge in [0.05, 0.1) is 23.4 Å². The Morgan fingerprint density at radius 2 is 1.67 bits per heavy atom. The maximum Gasteiger partial charge on any atom is 0.251 e. The molecule has 5 rings (SSSR count). The first kappa shape index (κ1) is 29.1. The molecule has 1 aliphatic heterocycles. The van der Waals surface area contributed by atoms with E-state index < -0.39 is 22.4 Å². The molecule has 4 aromatic rings. The van der Waals surface area contributed by atoms with E-state index in [1.807, 2.05) is 64.1 Å². The molecule has 9 heteroatoms. The predicted molar refractivity (Wildman–Crippen MR) is 163 cm³/mol. The number of fused-ring (bicyclic) bond motifs is 1. The molecule has 4 aromatic carbocycles. The smallest absolute Gasteiger partial charge is 0.251 e. The Labute approximate surface area is 247 Å². The van der Waals surface area contributed by atoms with Crippen LogP contribution in [0.25, 0.3) is 11.1 Å². The molecule has 42 heavy (non-hydrogen) atoms. The summed E-state index contributed by atoms with van der Waals surface area (Å²) in [6.07, 6.45) is 0. The summed E-state index contributed by atoms with van der Waals surface area (Å²) in [5.74, 6) is 0.757. The van der Waals surface area contributed by atoms with Crippen LogP contribution in [0, 0.1) is 19.7 Å². The third-order valence-corrected chi connectivity index (χ3v) is 8.50. The molecule has 0 radical (unpaired) electrons. The Kier molecular flexibility index (Phi) is 7.97. The third kappa shape index (κ3) is 5.56. The highest BCUT2D eigenvalue weighted by Gasteiger charge is 2.38. The van der Waals surface area contributed by atoms with E-state index in [1.54, 1.807) is 43.3 Å². The number of aryl methyl sites for hydroxylation is 2. The van der Waals surface area contributed by atoms with Crippen LogP contribution in [-0.4, -0.2) is 29.8 Å². The van der Waals surface area contributed by atoms with E-state index in [9.17, 15) is 13.4 Å². The van der Waals surface area contributed by atoms with Crippen molar-refractivity contribution in [2.24, 2.45) is 0 Å². The molecule has 1 amide bonds. The summed E-state index contributed by atoms with van der Waals surface area (Å²) < 4.78 is 44.7. The first-order chi connectivity index (χ1) is 20.0. The first-order valence-electron chi connectivity index (χ1n) is 13.5. The molecule has 1 N–H and O–H groups in total. The average Bonchev–Trinajstić information content (AvgIpc) is 2.96. The second-order valence-corrected chi connectivity index (χ2v) is 11.8. The lowest BCUT2D eigenvalue weighted by Crippen LogP contribution is -2.52. The molecule has 1 unspecified atom stereocenters. The van der Waals surface area contributed by atoms with Crippen LogP contribution in [0.15, 0.2) is 77.7 Å². The molecule has 0 fully saturated rings. The van der Waals surface area contributed by atoms with Crippen LogP contribution >= 0.6 is 0 Å². The van der Waals surface area contributed by atoms with Crippen LogP contribution in [0.3, 0.4) is 0 Å². The zero-order chi connectivity index (χ0) is 30.2. The van der Waals surface area contributed by atoms with Crippen LogP contribution in [0.4, 0.5) is 15.8 Å². The number of methoxy groups -OCH3 is 1. The van der Waals surface area contributed by atoms with Gasteiger partial charge in [0, 0.05) is 30.3 Å². The van der Waals surface area contributed by atoms with E-state index in [4.69, 9.17) is 13.7 Å². The Hall–Kier alpha value is -4.37. The SMILES string of the molecule is COc1cc(OS(=O)c2ccccc2C)ccc1-c1ccc2c(c1COc1cc(F)ccc1C)N(C)C(=O)C(C)(C)N2. The van der Waals surface area contributed by atoms with Crippen LogP contribution in [-0.2, 0) is 22.5 Å². The Bertz CT molecular complexity index is 1700. The number of carbonyl (C=O) groups is 1. The number of nitrogens with one attached hydrogen (secondary N) is 1. The molecule has 1 atom stereocenters. The lowest BCUT2D eigenvalue weighted by Gasteiger charge is -2.39. The van der Waals surface area contributed by atoms with Gasteiger partial charge in [0.2, 0.25) is 11.1 Å². The summed E-state index contributed by atoms with van der Waals surface area (Å²) in [4.78, 5) is 15.5. The molecule has 218 valence electrons. The van der Waals surface area contributed by atoms with Gasteiger partial charge in [-0.3, -0.25) is 4.79 Å². The molecule has 0 aromatic heterocycles. The van der Waals surface area contributed by atoms with E-state index in [0.29, 0.717) is 33.4 Å². The zero-order valence-corrected chi connectivity index (χ0v) is 25.2. The van der Waals surface area contributed by atoms with E-state index in [0.717, 1.165) is 27.9 Å². The number of halogens is 1. The molecule has 0 saturated carbocycles. The van der Waals surface area contributed by atoms with E-state index in [2.05, 4.69) is 5.32 Å². The zero-order valence-electron chi connectivity index (χ0n) is 24.4. The lowest BCUT2D eigenvalue weighted by molar-refractivity contribution is -0.121. The summed E-state index contributed by atoms with van der Waals surface area (Å²) in [6, 6.07) is 20.8. The quantitative estimate of drug-likeness (QED) is 0.240. The minimum atomic E-state index is -1.72. The second-order valence-electron chi connectivity index (χ2n) is 10.7. The molecular formula is C33H33FN2O5S. The number of amides is 1. The maximum atomic E-state index is 14.1. The largest absolute Gasteiger partial charge is 0.496 e. The fourth-order valence-corrected chi connectivity index (χ4v) is 6.02. The number of nitrogens with zero attached hydrogens (tertiary/aromatic N) is 1. The van der Waals surface area contributed by atoms with Crippen molar-refractivity contribution < 1.29 is 27.1 Å². The minimum Gasteiger partial charge on any atom is -0.496 e. The highest BCUT2D eigenvalue weighted by molar-refractivity contribution is 7.80. The monoisotopic (exact) mass is 588 g/mol. The highest BCUT2D eigenvalue weighted by Crippen LogP contribution is 2.45. The third-order valence-electron chi connectivity index (χ3n) is 7.34. The summed E-state index contributed by atoms with van der Waals surface area (Å²) in [5, 5.41) is 3.34. The van der Waals surface area contributed by atoms with Gasteiger partial charge < -0.3 is 23.9 Å². The fourth-order valence-electron chi connectivity index (χ4n) is 5.13. The van der Waals surface area contributed by atoms with Gasteiger partial charge in [-0.15, -0.1) is 0 Å². The van der Waals surface area contributed by atoms with Crippen molar-refractivity contribution >= 4 is 28.4 Å². The van der Waals surface area contributed by atoms with Crippen LogP contribution in [0.1, 0.15) is 30.5 Å². The Morgan fingerprint density at radius 1 is 0.929 bits per heavy atom. The fraction of sp³-hybridized carbons (Fsp3) is 0.242. The van der Waals surface area contributed by atoms with Gasteiger partial charge in [0.1, 0.15) is 35.2 Å². The van der Waals surface area contributed by atoms with Crippen molar-refractivity contribution in [1.82, 2.24) is 0 Å². The molecule has 1 aliphatic rings. The summed E-state index contributed by atoms with van der Waals surface area (Å²) >= 11 is -1.72. The maximum absolute atomic E-state index is 14.1. The molecule has 0 saturated heterocycles. The summed E-state index contributed by atoms with van der Waals surface area (Å²) in [6.45, 7) is 7.44. The van der Waals surface area contributed by atoms with E-state index in [-0.39, 0.29) is 12.5 Å². The number of anilines is 2. The molecule has 0 bridgehead atoms. The number of hydrogen-bond donors (Lipinski definition) is 1. The molecule has 1 heterocycles. The van der Waals surface area contributed by atoms with Crippen molar-refractivity contribution in [3.05, 3.63) is 95.3 Å². The van der Waals surface area contributed by atoms with Crippen LogP contribution in [0.2, 0.25) is 0 Å². The van der Waals surface area contributed by atoms with Gasteiger partial charge in [0.25, 0.3) is 5.91 Å². The van der Waals surface area contributed by atoms with Crippen molar-refractivity contribution in [1.29, 1.82) is 0 Å². The number of carbonyl (C=O) groups excluding carboxylic acids is 1. The lowest BCUT2D eigenvalue weighted by atomic mass is 9.91. The Morgan fingerprint density at radius 3 is 2.40 bits per heavy atom. The van der Waals surface area contributed by atoms with Crippen molar-refractivity contribution in [2.45, 2.75) is 44.7 Å². The van der Waals surface area contributed by atoms with Crippen molar-refractivity contribution in [2.75, 3.05) is 24.4 Å². The normalized spacial score (nSPS) is 14.5. The highest BCUT2D eigenvalue weighted by atomic mass is 32.2. The number of ether oxygens (including phenoxy) is 2. The second kappa shape index (κ2) is 11.5. The van der Waals surface area contributed by atoms with Gasteiger partial charge >= 0.3 is 0 Å². The average molecular weight is 589 g/mol. The standard InChI is InChI=1S/C33H33FN2O5S/c1-20-11-12-22(34)17-28(20)40-19-26-24(15-16-27-31(26)36(5)32(37)33(3,4)35-27)25-14-13-23(18-29(25)39-6)41-42(38)30-10-8-7-9-21(30)2/h7-18,35H,19H2,1-6H3. The van der Waals surface area contributed by atoms with Gasteiger partial charge in [0.15, 0.2) is 0 Å². The predicted octanol–water partition coefficient (Wildman–Crippen LogP) is 6.97.